The molecule has 3 nitrogen and oxygen atoms in total. The molecule has 4 heteroatoms. The summed E-state index contributed by atoms with van der Waals surface area (Å²) in [4.78, 5) is 11.8. The zero-order chi connectivity index (χ0) is 11.5. The molecule has 0 fully saturated rings. The Labute approximate surface area is 102 Å². The number of benzene rings is 1. The Kier molecular flexibility index (Phi) is 3.10. The maximum atomic E-state index is 11.8. The van der Waals surface area contributed by atoms with Crippen molar-refractivity contribution in [1.29, 1.82) is 0 Å². The number of nitrogens with one attached hydrogen (secondary N) is 1. The summed E-state index contributed by atoms with van der Waals surface area (Å²) in [6.07, 6.45) is 0. The summed E-state index contributed by atoms with van der Waals surface area (Å²) >= 11 is 3.15. The second-order valence-electron chi connectivity index (χ2n) is 3.37. The monoisotopic (exact) mass is 279 g/mol. The van der Waals surface area contributed by atoms with E-state index in [2.05, 4.69) is 21.2 Å². The van der Waals surface area contributed by atoms with Crippen molar-refractivity contribution < 1.29 is 9.21 Å². The standard InChI is InChI=1S/C12H10BrNO2/c1-8-4-2-3-5-9(8)14-12(15)10-6-7-11(13)16-10/h2-7H,1H3,(H,14,15). The van der Waals surface area contributed by atoms with Gasteiger partial charge in [-0.2, -0.15) is 0 Å². The van der Waals surface area contributed by atoms with Crippen LogP contribution < -0.4 is 5.32 Å². The lowest BCUT2D eigenvalue weighted by Crippen LogP contribution is -2.11. The van der Waals surface area contributed by atoms with Crippen LogP contribution in [-0.2, 0) is 0 Å². The van der Waals surface area contributed by atoms with E-state index in [-0.39, 0.29) is 11.7 Å². The molecule has 0 saturated heterocycles. The summed E-state index contributed by atoms with van der Waals surface area (Å²) in [5, 5.41) is 2.79. The van der Waals surface area contributed by atoms with E-state index in [1.165, 1.54) is 0 Å². The lowest BCUT2D eigenvalue weighted by atomic mass is 10.2. The van der Waals surface area contributed by atoms with Crippen LogP contribution >= 0.6 is 15.9 Å². The molecule has 0 bridgehead atoms. The van der Waals surface area contributed by atoms with E-state index in [0.29, 0.717) is 4.67 Å². The highest BCUT2D eigenvalue weighted by molar-refractivity contribution is 9.10. The minimum Gasteiger partial charge on any atom is -0.444 e. The first-order valence-corrected chi connectivity index (χ1v) is 5.58. The van der Waals surface area contributed by atoms with Crippen molar-refractivity contribution in [2.24, 2.45) is 0 Å². The number of carbonyl (C=O) groups excluding carboxylic acids is 1. The number of furan rings is 1. The quantitative estimate of drug-likeness (QED) is 0.913. The average molecular weight is 280 g/mol. The number of hydrogen-bond donors (Lipinski definition) is 1. The van der Waals surface area contributed by atoms with Gasteiger partial charge in [0.05, 0.1) is 0 Å². The molecule has 82 valence electrons. The lowest BCUT2D eigenvalue weighted by Gasteiger charge is -2.05. The summed E-state index contributed by atoms with van der Waals surface area (Å²) in [5.41, 5.74) is 1.81. The van der Waals surface area contributed by atoms with E-state index in [0.717, 1.165) is 11.3 Å². The van der Waals surface area contributed by atoms with Crippen molar-refractivity contribution in [3.63, 3.8) is 0 Å². The summed E-state index contributed by atoms with van der Waals surface area (Å²) in [7, 11) is 0. The van der Waals surface area contributed by atoms with E-state index >= 15 is 0 Å². The number of aryl methyl sites for hydroxylation is 1. The van der Waals surface area contributed by atoms with Gasteiger partial charge in [-0.3, -0.25) is 4.79 Å². The number of amides is 1. The molecule has 1 heterocycles. The molecular formula is C12H10BrNO2. The second kappa shape index (κ2) is 4.53. The van der Waals surface area contributed by atoms with Crippen molar-refractivity contribution in [2.75, 3.05) is 5.32 Å². The molecular weight excluding hydrogens is 270 g/mol. The highest BCUT2D eigenvalue weighted by atomic mass is 79.9. The SMILES string of the molecule is Cc1ccccc1NC(=O)c1ccc(Br)o1. The van der Waals surface area contributed by atoms with Crippen LogP contribution in [0.5, 0.6) is 0 Å². The summed E-state index contributed by atoms with van der Waals surface area (Å²) < 4.78 is 5.71. The molecule has 0 saturated carbocycles. The Bertz CT molecular complexity index is 519. The molecule has 16 heavy (non-hydrogen) atoms. The molecule has 1 aromatic carbocycles. The largest absolute Gasteiger partial charge is 0.444 e. The van der Waals surface area contributed by atoms with Gasteiger partial charge in [0.2, 0.25) is 0 Å². The minimum absolute atomic E-state index is 0.250. The number of anilines is 1. The first-order chi connectivity index (χ1) is 7.66. The van der Waals surface area contributed by atoms with Crippen LogP contribution in [0.1, 0.15) is 16.1 Å². The van der Waals surface area contributed by atoms with E-state index in [9.17, 15) is 4.79 Å². The first kappa shape index (κ1) is 11.0. The van der Waals surface area contributed by atoms with Gasteiger partial charge in [0, 0.05) is 5.69 Å². The van der Waals surface area contributed by atoms with E-state index in [1.54, 1.807) is 12.1 Å². The van der Waals surface area contributed by atoms with Crippen molar-refractivity contribution >= 4 is 27.5 Å². The van der Waals surface area contributed by atoms with Gasteiger partial charge in [-0.1, -0.05) is 18.2 Å². The van der Waals surface area contributed by atoms with Gasteiger partial charge in [0.25, 0.3) is 5.91 Å². The first-order valence-electron chi connectivity index (χ1n) is 4.79. The summed E-state index contributed by atoms with van der Waals surface area (Å²) in [5.74, 6) is 0.0372. The molecule has 0 aliphatic heterocycles. The Morgan fingerprint density at radius 1 is 1.25 bits per heavy atom. The predicted octanol–water partition coefficient (Wildman–Crippen LogP) is 3.60. The molecule has 1 aromatic heterocycles. The minimum atomic E-state index is -0.250. The van der Waals surface area contributed by atoms with Crippen molar-refractivity contribution in [1.82, 2.24) is 0 Å². The van der Waals surface area contributed by atoms with Gasteiger partial charge in [-0.05, 0) is 46.6 Å². The topological polar surface area (TPSA) is 42.2 Å². The third-order valence-corrected chi connectivity index (χ3v) is 2.62. The van der Waals surface area contributed by atoms with Gasteiger partial charge in [0.15, 0.2) is 10.4 Å². The van der Waals surface area contributed by atoms with Gasteiger partial charge in [-0.25, -0.2) is 0 Å². The van der Waals surface area contributed by atoms with Crippen LogP contribution in [0.2, 0.25) is 0 Å². The molecule has 0 unspecified atom stereocenters. The van der Waals surface area contributed by atoms with E-state index in [1.807, 2.05) is 31.2 Å². The molecule has 2 rings (SSSR count). The van der Waals surface area contributed by atoms with Gasteiger partial charge in [0.1, 0.15) is 0 Å². The fraction of sp³-hybridized carbons (Fsp3) is 0.0833. The lowest BCUT2D eigenvalue weighted by molar-refractivity contribution is 0.0995. The second-order valence-corrected chi connectivity index (χ2v) is 4.15. The number of halogens is 1. The van der Waals surface area contributed by atoms with E-state index in [4.69, 9.17) is 4.42 Å². The van der Waals surface area contributed by atoms with Gasteiger partial charge >= 0.3 is 0 Å². The van der Waals surface area contributed by atoms with Crippen molar-refractivity contribution in [2.45, 2.75) is 6.92 Å². The predicted molar refractivity (Wildman–Crippen MR) is 65.5 cm³/mol. The molecule has 0 spiro atoms. The highest BCUT2D eigenvalue weighted by Crippen LogP contribution is 2.17. The van der Waals surface area contributed by atoms with Crippen LogP contribution in [-0.4, -0.2) is 5.91 Å². The van der Waals surface area contributed by atoms with Crippen LogP contribution in [0, 0.1) is 6.92 Å². The molecule has 0 radical (unpaired) electrons. The molecule has 2 aromatic rings. The molecule has 0 aliphatic rings. The van der Waals surface area contributed by atoms with Crippen LogP contribution in [0.25, 0.3) is 0 Å². The Hall–Kier alpha value is -1.55. The summed E-state index contributed by atoms with van der Waals surface area (Å²) in [6.45, 7) is 1.94. The van der Waals surface area contributed by atoms with Crippen molar-refractivity contribution in [3.05, 3.63) is 52.4 Å². The fourth-order valence-corrected chi connectivity index (χ4v) is 1.64. The summed E-state index contributed by atoms with van der Waals surface area (Å²) in [6, 6.07) is 10.9. The molecule has 1 N–H and O–H groups in total. The average Bonchev–Trinajstić information content (AvgIpc) is 2.68. The van der Waals surface area contributed by atoms with Crippen molar-refractivity contribution in [3.8, 4) is 0 Å². The molecule has 0 aliphatic carbocycles. The third-order valence-electron chi connectivity index (χ3n) is 2.19. The highest BCUT2D eigenvalue weighted by Gasteiger charge is 2.11. The molecule has 1 amide bonds. The van der Waals surface area contributed by atoms with Gasteiger partial charge in [-0.15, -0.1) is 0 Å². The fourth-order valence-electron chi connectivity index (χ4n) is 1.33. The van der Waals surface area contributed by atoms with Gasteiger partial charge < -0.3 is 9.73 Å². The third kappa shape index (κ3) is 2.33. The maximum absolute atomic E-state index is 11.8. The maximum Gasteiger partial charge on any atom is 0.291 e. The Balaban J connectivity index is 2.17. The number of para-hydroxylation sites is 1. The zero-order valence-corrected chi connectivity index (χ0v) is 10.2. The zero-order valence-electron chi connectivity index (χ0n) is 8.66. The molecule has 0 atom stereocenters. The van der Waals surface area contributed by atoms with Crippen LogP contribution in [0.4, 0.5) is 5.69 Å². The number of rotatable bonds is 2. The van der Waals surface area contributed by atoms with Crippen LogP contribution in [0.3, 0.4) is 0 Å². The Morgan fingerprint density at radius 3 is 2.62 bits per heavy atom. The van der Waals surface area contributed by atoms with Crippen LogP contribution in [0.15, 0.2) is 45.5 Å². The number of hydrogen-bond acceptors (Lipinski definition) is 2. The normalized spacial score (nSPS) is 10.1. The van der Waals surface area contributed by atoms with E-state index < -0.39 is 0 Å². The Morgan fingerprint density at radius 2 is 2.00 bits per heavy atom. The number of carbonyl (C=O) groups is 1. The smallest absolute Gasteiger partial charge is 0.291 e.